The Bertz CT molecular complexity index is 397. The van der Waals surface area contributed by atoms with Gasteiger partial charge in [0.25, 0.3) is 0 Å². The van der Waals surface area contributed by atoms with Crippen molar-refractivity contribution >= 4 is 0 Å². The van der Waals surface area contributed by atoms with Crippen LogP contribution < -0.4 is 5.32 Å². The Labute approximate surface area is 106 Å². The molecule has 1 aromatic carbocycles. The van der Waals surface area contributed by atoms with Crippen LogP contribution in [-0.4, -0.2) is 13.6 Å². The fourth-order valence-electron chi connectivity index (χ4n) is 3.41. The van der Waals surface area contributed by atoms with Crippen molar-refractivity contribution in [1.29, 1.82) is 0 Å². The fourth-order valence-corrected chi connectivity index (χ4v) is 3.41. The monoisotopic (exact) mass is 231 g/mol. The molecule has 2 atom stereocenters. The minimum Gasteiger partial charge on any atom is -0.319 e. The van der Waals surface area contributed by atoms with Gasteiger partial charge in [0.2, 0.25) is 0 Å². The zero-order valence-electron chi connectivity index (χ0n) is 11.6. The van der Waals surface area contributed by atoms with Crippen molar-refractivity contribution in [2.45, 2.75) is 45.4 Å². The molecule has 0 saturated heterocycles. The van der Waals surface area contributed by atoms with E-state index in [-0.39, 0.29) is 0 Å². The number of benzene rings is 1. The first-order valence-corrected chi connectivity index (χ1v) is 6.82. The Morgan fingerprint density at radius 3 is 2.59 bits per heavy atom. The molecule has 1 aliphatic rings. The summed E-state index contributed by atoms with van der Waals surface area (Å²) in [6.45, 7) is 7.95. The summed E-state index contributed by atoms with van der Waals surface area (Å²) in [6.07, 6.45) is 4.07. The van der Waals surface area contributed by atoms with Crippen molar-refractivity contribution in [2.75, 3.05) is 13.6 Å². The molecule has 1 saturated carbocycles. The van der Waals surface area contributed by atoms with Crippen LogP contribution in [0.5, 0.6) is 0 Å². The van der Waals surface area contributed by atoms with Crippen LogP contribution in [0.4, 0.5) is 0 Å². The van der Waals surface area contributed by atoms with Gasteiger partial charge in [0.05, 0.1) is 0 Å². The molecule has 0 aliphatic heterocycles. The minimum atomic E-state index is 0.368. The summed E-state index contributed by atoms with van der Waals surface area (Å²) in [5.41, 5.74) is 4.74. The second-order valence-electron chi connectivity index (χ2n) is 5.78. The van der Waals surface area contributed by atoms with Gasteiger partial charge in [0.1, 0.15) is 0 Å². The van der Waals surface area contributed by atoms with Gasteiger partial charge in [-0.25, -0.2) is 0 Å². The number of likely N-dealkylation sites (N-methyl/N-ethyl adjacent to an activating group) is 1. The average molecular weight is 231 g/mol. The highest BCUT2D eigenvalue weighted by Crippen LogP contribution is 2.45. The van der Waals surface area contributed by atoms with Gasteiger partial charge in [-0.15, -0.1) is 0 Å². The molecule has 1 N–H and O–H groups in total. The van der Waals surface area contributed by atoms with E-state index < -0.39 is 0 Å². The summed E-state index contributed by atoms with van der Waals surface area (Å²) in [4.78, 5) is 0. The standard InChI is InChI=1S/C16H25N/c1-12-7-8-15(10-13(12)2)16(11-17-4)9-5-6-14(16)3/h7-8,10,14,17H,5-6,9,11H2,1-4H3. The highest BCUT2D eigenvalue weighted by atomic mass is 14.8. The van der Waals surface area contributed by atoms with Gasteiger partial charge in [0, 0.05) is 12.0 Å². The molecule has 0 radical (unpaired) electrons. The summed E-state index contributed by atoms with van der Waals surface area (Å²) in [7, 11) is 2.08. The third-order valence-electron chi connectivity index (χ3n) is 4.78. The Kier molecular flexibility index (Phi) is 3.58. The van der Waals surface area contributed by atoms with Gasteiger partial charge in [-0.05, 0) is 56.3 Å². The first kappa shape index (κ1) is 12.6. The maximum Gasteiger partial charge on any atom is 0.0103 e. The molecule has 1 aromatic rings. The van der Waals surface area contributed by atoms with Crippen molar-refractivity contribution in [1.82, 2.24) is 5.32 Å². The summed E-state index contributed by atoms with van der Waals surface area (Å²) < 4.78 is 0. The SMILES string of the molecule is CNCC1(c2ccc(C)c(C)c2)CCCC1C. The average Bonchev–Trinajstić information content (AvgIpc) is 2.66. The quantitative estimate of drug-likeness (QED) is 0.838. The molecule has 2 unspecified atom stereocenters. The van der Waals surface area contributed by atoms with Gasteiger partial charge in [0.15, 0.2) is 0 Å². The van der Waals surface area contributed by atoms with Gasteiger partial charge in [-0.2, -0.15) is 0 Å². The van der Waals surface area contributed by atoms with Crippen LogP contribution in [0.15, 0.2) is 18.2 Å². The van der Waals surface area contributed by atoms with E-state index in [9.17, 15) is 0 Å². The van der Waals surface area contributed by atoms with E-state index in [1.807, 2.05) is 0 Å². The summed E-state index contributed by atoms with van der Waals surface area (Å²) in [5, 5.41) is 3.41. The van der Waals surface area contributed by atoms with E-state index in [1.54, 1.807) is 5.56 Å². The summed E-state index contributed by atoms with van der Waals surface area (Å²) in [6, 6.07) is 7.04. The minimum absolute atomic E-state index is 0.368. The maximum atomic E-state index is 3.41. The van der Waals surface area contributed by atoms with Crippen LogP contribution in [0, 0.1) is 19.8 Å². The Hall–Kier alpha value is -0.820. The van der Waals surface area contributed by atoms with Gasteiger partial charge in [-0.3, -0.25) is 0 Å². The number of nitrogens with one attached hydrogen (secondary N) is 1. The highest BCUT2D eigenvalue weighted by Gasteiger charge is 2.41. The van der Waals surface area contributed by atoms with E-state index in [4.69, 9.17) is 0 Å². The number of hydrogen-bond donors (Lipinski definition) is 1. The molecule has 0 bridgehead atoms. The number of hydrogen-bond acceptors (Lipinski definition) is 1. The molecule has 94 valence electrons. The predicted molar refractivity (Wildman–Crippen MR) is 74.5 cm³/mol. The zero-order valence-corrected chi connectivity index (χ0v) is 11.6. The first-order chi connectivity index (χ1) is 8.10. The number of rotatable bonds is 3. The molecule has 17 heavy (non-hydrogen) atoms. The normalized spacial score (nSPS) is 28.6. The molecule has 1 aliphatic carbocycles. The van der Waals surface area contributed by atoms with Crippen LogP contribution in [-0.2, 0) is 5.41 Å². The van der Waals surface area contributed by atoms with Crippen LogP contribution in [0.2, 0.25) is 0 Å². The Balaban J connectivity index is 2.42. The van der Waals surface area contributed by atoms with Crippen LogP contribution in [0.3, 0.4) is 0 Å². The largest absolute Gasteiger partial charge is 0.319 e. The van der Waals surface area contributed by atoms with Gasteiger partial charge in [-0.1, -0.05) is 31.5 Å². The molecule has 1 heteroatoms. The van der Waals surface area contributed by atoms with Crippen molar-refractivity contribution in [3.63, 3.8) is 0 Å². The van der Waals surface area contributed by atoms with Gasteiger partial charge >= 0.3 is 0 Å². The van der Waals surface area contributed by atoms with E-state index >= 15 is 0 Å². The molecule has 1 nitrogen and oxygen atoms in total. The second kappa shape index (κ2) is 4.81. The summed E-state index contributed by atoms with van der Waals surface area (Å²) >= 11 is 0. The van der Waals surface area contributed by atoms with E-state index in [0.29, 0.717) is 5.41 Å². The molecule has 0 heterocycles. The van der Waals surface area contributed by atoms with Crippen LogP contribution in [0.25, 0.3) is 0 Å². The number of aryl methyl sites for hydroxylation is 2. The maximum absolute atomic E-state index is 3.41. The molecular formula is C16H25N. The third kappa shape index (κ3) is 2.13. The lowest BCUT2D eigenvalue weighted by Gasteiger charge is -2.35. The van der Waals surface area contributed by atoms with E-state index in [1.165, 1.54) is 30.4 Å². The molecule has 2 rings (SSSR count). The van der Waals surface area contributed by atoms with E-state index in [2.05, 4.69) is 51.3 Å². The van der Waals surface area contributed by atoms with Gasteiger partial charge < -0.3 is 5.32 Å². The molecule has 0 aromatic heterocycles. The lowest BCUT2D eigenvalue weighted by molar-refractivity contribution is 0.326. The molecule has 0 spiro atoms. The van der Waals surface area contributed by atoms with Crippen molar-refractivity contribution in [2.24, 2.45) is 5.92 Å². The lowest BCUT2D eigenvalue weighted by atomic mass is 9.72. The van der Waals surface area contributed by atoms with Crippen molar-refractivity contribution < 1.29 is 0 Å². The van der Waals surface area contributed by atoms with Crippen LogP contribution >= 0.6 is 0 Å². The second-order valence-corrected chi connectivity index (χ2v) is 5.78. The fraction of sp³-hybridized carbons (Fsp3) is 0.625. The van der Waals surface area contributed by atoms with E-state index in [0.717, 1.165) is 12.5 Å². The molecule has 1 fully saturated rings. The van der Waals surface area contributed by atoms with Crippen LogP contribution in [0.1, 0.15) is 42.9 Å². The first-order valence-electron chi connectivity index (χ1n) is 6.82. The highest BCUT2D eigenvalue weighted by molar-refractivity contribution is 5.36. The Morgan fingerprint density at radius 2 is 2.06 bits per heavy atom. The lowest BCUT2D eigenvalue weighted by Crippen LogP contribution is -2.39. The van der Waals surface area contributed by atoms with Crippen molar-refractivity contribution in [3.8, 4) is 0 Å². The Morgan fingerprint density at radius 1 is 1.29 bits per heavy atom. The molecular weight excluding hydrogens is 206 g/mol. The summed E-state index contributed by atoms with van der Waals surface area (Å²) in [5.74, 6) is 0.789. The third-order valence-corrected chi connectivity index (χ3v) is 4.78. The predicted octanol–water partition coefficient (Wildman–Crippen LogP) is 3.58. The topological polar surface area (TPSA) is 12.0 Å². The van der Waals surface area contributed by atoms with Crippen molar-refractivity contribution in [3.05, 3.63) is 34.9 Å². The smallest absolute Gasteiger partial charge is 0.0103 e. The molecule has 0 amide bonds. The zero-order chi connectivity index (χ0) is 12.5.